The lowest BCUT2D eigenvalue weighted by Gasteiger charge is -2.30. The van der Waals surface area contributed by atoms with E-state index in [2.05, 4.69) is 27.1 Å². The molecule has 1 rings (SSSR count). The van der Waals surface area contributed by atoms with Gasteiger partial charge in [-0.15, -0.1) is 0 Å². The van der Waals surface area contributed by atoms with E-state index < -0.39 is 6.09 Å². The lowest BCUT2D eigenvalue weighted by atomic mass is 9.90. The quantitative estimate of drug-likeness (QED) is 0.493. The number of rotatable bonds is 2. The van der Waals surface area contributed by atoms with E-state index in [-0.39, 0.29) is 12.1 Å². The highest BCUT2D eigenvalue weighted by molar-refractivity contribution is 7.78. The summed E-state index contributed by atoms with van der Waals surface area (Å²) in [6.07, 6.45) is 0.642. The van der Waals surface area contributed by atoms with Crippen LogP contribution in [-0.4, -0.2) is 23.4 Å². The van der Waals surface area contributed by atoms with Crippen LogP contribution in [0.2, 0.25) is 0 Å². The van der Waals surface area contributed by atoms with Crippen molar-refractivity contribution < 1.29 is 9.53 Å². The molecule has 4 nitrogen and oxygen atoms in total. The Morgan fingerprint density at radius 3 is 2.82 bits per heavy atom. The summed E-state index contributed by atoms with van der Waals surface area (Å²) in [7, 11) is 0. The van der Waals surface area contributed by atoms with E-state index in [0.717, 1.165) is 0 Å². The van der Waals surface area contributed by atoms with E-state index in [9.17, 15) is 4.79 Å². The molecule has 0 bridgehead atoms. The minimum absolute atomic E-state index is 0.0652. The van der Waals surface area contributed by atoms with Crippen molar-refractivity contribution in [2.24, 2.45) is 10.7 Å². The number of thiocarbonyl (C=S) groups is 1. The first-order valence-corrected chi connectivity index (χ1v) is 3.66. The molecule has 0 atom stereocenters. The number of amides is 1. The number of nitrogens with two attached hydrogens (primary N) is 1. The Hall–Kier alpha value is -0.930. The Labute approximate surface area is 69.4 Å². The third kappa shape index (κ3) is 2.29. The zero-order valence-corrected chi connectivity index (χ0v) is 6.63. The van der Waals surface area contributed by atoms with Gasteiger partial charge in [0.1, 0.15) is 6.10 Å². The molecule has 0 aliphatic heterocycles. The number of ether oxygens (including phenoxy) is 1. The van der Waals surface area contributed by atoms with Crippen molar-refractivity contribution in [2.75, 3.05) is 0 Å². The number of carbonyl (C=O) groups is 1. The molecule has 0 unspecified atom stereocenters. The standard InChI is InChI=1S/C6H8N2O2S/c7-6(9)10-5-1-4(2-5)8-3-11/h4-5H,1-2H2,(H2,7,9). The molecule has 1 aliphatic rings. The van der Waals surface area contributed by atoms with Gasteiger partial charge in [0.05, 0.1) is 11.2 Å². The SMILES string of the molecule is NC(=O)OC1CC(N=C=S)C1. The monoisotopic (exact) mass is 172 g/mol. The molecule has 0 radical (unpaired) electrons. The first kappa shape index (κ1) is 8.17. The fourth-order valence-electron chi connectivity index (χ4n) is 0.978. The molecule has 0 aromatic rings. The largest absolute Gasteiger partial charge is 0.446 e. The second kappa shape index (κ2) is 3.46. The third-order valence-electron chi connectivity index (χ3n) is 1.59. The Bertz CT molecular complexity index is 207. The molecular formula is C6H8N2O2S. The third-order valence-corrected chi connectivity index (χ3v) is 1.69. The Balaban J connectivity index is 2.19. The molecule has 11 heavy (non-hydrogen) atoms. The van der Waals surface area contributed by atoms with Gasteiger partial charge in [-0.25, -0.2) is 9.79 Å². The summed E-state index contributed by atoms with van der Waals surface area (Å²) in [4.78, 5) is 14.0. The summed E-state index contributed by atoms with van der Waals surface area (Å²) in [5.41, 5.74) is 4.79. The van der Waals surface area contributed by atoms with Crippen LogP contribution in [0.4, 0.5) is 4.79 Å². The second-order valence-corrected chi connectivity index (χ2v) is 2.59. The lowest BCUT2D eigenvalue weighted by molar-refractivity contribution is 0.0480. The van der Waals surface area contributed by atoms with Crippen LogP contribution in [0.3, 0.4) is 0 Å². The maximum absolute atomic E-state index is 10.2. The molecule has 1 aliphatic carbocycles. The number of primary amides is 1. The second-order valence-electron chi connectivity index (χ2n) is 2.40. The molecule has 1 amide bonds. The molecule has 0 heterocycles. The average Bonchev–Trinajstić information content (AvgIpc) is 1.82. The van der Waals surface area contributed by atoms with Crippen molar-refractivity contribution >= 4 is 23.5 Å². The van der Waals surface area contributed by atoms with Gasteiger partial charge in [0.15, 0.2) is 0 Å². The summed E-state index contributed by atoms with van der Waals surface area (Å²) in [5.74, 6) is 0. The van der Waals surface area contributed by atoms with Crippen LogP contribution >= 0.6 is 12.2 Å². The molecule has 0 saturated heterocycles. The highest BCUT2D eigenvalue weighted by Gasteiger charge is 2.31. The smallest absolute Gasteiger partial charge is 0.404 e. The summed E-state index contributed by atoms with van der Waals surface area (Å²) < 4.78 is 4.68. The fraction of sp³-hybridized carbons (Fsp3) is 0.667. The minimum Gasteiger partial charge on any atom is -0.446 e. The van der Waals surface area contributed by atoms with E-state index in [1.165, 1.54) is 0 Å². The van der Waals surface area contributed by atoms with Gasteiger partial charge in [-0.3, -0.25) is 0 Å². The van der Waals surface area contributed by atoms with Crippen LogP contribution in [0.1, 0.15) is 12.8 Å². The van der Waals surface area contributed by atoms with Crippen molar-refractivity contribution in [3.8, 4) is 0 Å². The summed E-state index contributed by atoms with van der Waals surface area (Å²) >= 11 is 4.41. The first-order chi connectivity index (χ1) is 5.22. The maximum Gasteiger partial charge on any atom is 0.404 e. The van der Waals surface area contributed by atoms with Gasteiger partial charge in [-0.1, -0.05) is 0 Å². The Morgan fingerprint density at radius 1 is 1.73 bits per heavy atom. The van der Waals surface area contributed by atoms with Crippen molar-refractivity contribution in [1.82, 2.24) is 0 Å². The first-order valence-electron chi connectivity index (χ1n) is 3.25. The molecule has 1 saturated carbocycles. The van der Waals surface area contributed by atoms with Gasteiger partial charge in [-0.05, 0) is 12.2 Å². The van der Waals surface area contributed by atoms with Crippen LogP contribution in [0.15, 0.2) is 4.99 Å². The topological polar surface area (TPSA) is 64.7 Å². The number of isothiocyanates is 1. The van der Waals surface area contributed by atoms with Crippen LogP contribution in [-0.2, 0) is 4.74 Å². The molecule has 5 heteroatoms. The number of hydrogen-bond acceptors (Lipinski definition) is 4. The van der Waals surface area contributed by atoms with E-state index in [1.54, 1.807) is 0 Å². The maximum atomic E-state index is 10.2. The van der Waals surface area contributed by atoms with Crippen molar-refractivity contribution in [2.45, 2.75) is 25.0 Å². The number of nitrogens with zero attached hydrogens (tertiary/aromatic N) is 1. The van der Waals surface area contributed by atoms with E-state index >= 15 is 0 Å². The highest BCUT2D eigenvalue weighted by Crippen LogP contribution is 2.25. The van der Waals surface area contributed by atoms with Gasteiger partial charge in [0.2, 0.25) is 0 Å². The van der Waals surface area contributed by atoms with Crippen LogP contribution < -0.4 is 5.73 Å². The average molecular weight is 172 g/mol. The van der Waals surface area contributed by atoms with Gasteiger partial charge >= 0.3 is 6.09 Å². The van der Waals surface area contributed by atoms with Crippen molar-refractivity contribution in [3.05, 3.63) is 0 Å². The minimum atomic E-state index is -0.722. The number of hydrogen-bond donors (Lipinski definition) is 1. The van der Waals surface area contributed by atoms with Crippen molar-refractivity contribution in [1.29, 1.82) is 0 Å². The molecule has 1 fully saturated rings. The van der Waals surface area contributed by atoms with Gasteiger partial charge in [0.25, 0.3) is 0 Å². The van der Waals surface area contributed by atoms with Crippen molar-refractivity contribution in [3.63, 3.8) is 0 Å². The summed E-state index contributed by atoms with van der Waals surface area (Å²) in [6, 6.07) is 0.178. The lowest BCUT2D eigenvalue weighted by Crippen LogP contribution is -2.37. The molecule has 0 aromatic carbocycles. The Kier molecular flexibility index (Phi) is 2.57. The zero-order valence-electron chi connectivity index (χ0n) is 5.82. The molecular weight excluding hydrogens is 164 g/mol. The normalized spacial score (nSPS) is 28.0. The van der Waals surface area contributed by atoms with E-state index in [1.807, 2.05) is 0 Å². The highest BCUT2D eigenvalue weighted by atomic mass is 32.1. The number of carbonyl (C=O) groups excluding carboxylic acids is 1. The van der Waals surface area contributed by atoms with Gasteiger partial charge in [0, 0.05) is 12.8 Å². The zero-order chi connectivity index (χ0) is 8.27. The van der Waals surface area contributed by atoms with Crippen LogP contribution in [0.5, 0.6) is 0 Å². The molecule has 0 spiro atoms. The number of aliphatic imine (C=N–C) groups is 1. The van der Waals surface area contributed by atoms with Crippen LogP contribution in [0.25, 0.3) is 0 Å². The Morgan fingerprint density at radius 2 is 2.36 bits per heavy atom. The fourth-order valence-corrected chi connectivity index (χ4v) is 1.13. The predicted octanol–water partition coefficient (Wildman–Crippen LogP) is 0.716. The molecule has 60 valence electrons. The van der Waals surface area contributed by atoms with E-state index in [0.29, 0.717) is 12.8 Å². The van der Waals surface area contributed by atoms with Gasteiger partial charge < -0.3 is 10.5 Å². The summed E-state index contributed by atoms with van der Waals surface area (Å²) in [5, 5.41) is 2.28. The van der Waals surface area contributed by atoms with E-state index in [4.69, 9.17) is 5.73 Å². The predicted molar refractivity (Wildman–Crippen MR) is 42.5 cm³/mol. The summed E-state index contributed by atoms with van der Waals surface area (Å²) in [6.45, 7) is 0. The molecule has 0 aromatic heterocycles. The van der Waals surface area contributed by atoms with Crippen LogP contribution in [0, 0.1) is 0 Å². The molecule has 2 N–H and O–H groups in total. The van der Waals surface area contributed by atoms with Gasteiger partial charge in [-0.2, -0.15) is 0 Å².